The van der Waals surface area contributed by atoms with Crippen molar-refractivity contribution in [2.45, 2.75) is 32.0 Å². The van der Waals surface area contributed by atoms with Gasteiger partial charge in [0.15, 0.2) is 5.96 Å². The van der Waals surface area contributed by atoms with Gasteiger partial charge in [-0.05, 0) is 18.4 Å². The summed E-state index contributed by atoms with van der Waals surface area (Å²) in [5.41, 5.74) is 1.15. The zero-order chi connectivity index (χ0) is 15.7. The summed E-state index contributed by atoms with van der Waals surface area (Å²) in [5.74, 6) is 0.686. The first-order valence-corrected chi connectivity index (χ1v) is 6.95. The quantitative estimate of drug-likeness (QED) is 0.320. The van der Waals surface area contributed by atoms with Gasteiger partial charge in [-0.15, -0.1) is 24.0 Å². The van der Waals surface area contributed by atoms with Gasteiger partial charge in [0, 0.05) is 33.6 Å². The van der Waals surface area contributed by atoms with E-state index in [9.17, 15) is 13.2 Å². The number of alkyl halides is 3. The third-order valence-corrected chi connectivity index (χ3v) is 3.01. The average molecular weight is 429 g/mol. The Balaban J connectivity index is 0.00000441. The topological polar surface area (TPSA) is 27.6 Å². The smallest absolute Gasteiger partial charge is 0.356 e. The van der Waals surface area contributed by atoms with Crippen LogP contribution in [0.15, 0.2) is 35.3 Å². The van der Waals surface area contributed by atoms with E-state index in [1.165, 1.54) is 0 Å². The minimum atomic E-state index is -4.06. The fourth-order valence-corrected chi connectivity index (χ4v) is 1.97. The molecule has 0 bridgehead atoms. The number of nitrogens with zero attached hydrogens (tertiary/aromatic N) is 2. The molecule has 22 heavy (non-hydrogen) atoms. The second-order valence-corrected chi connectivity index (χ2v) is 4.89. The highest BCUT2D eigenvalue weighted by molar-refractivity contribution is 14.0. The number of benzene rings is 1. The highest BCUT2D eigenvalue weighted by Gasteiger charge is 2.25. The van der Waals surface area contributed by atoms with Crippen LogP contribution in [0.5, 0.6) is 0 Å². The Morgan fingerprint density at radius 2 is 1.82 bits per heavy atom. The summed E-state index contributed by atoms with van der Waals surface area (Å²) in [5, 5.41) is 3.08. The molecule has 1 aromatic carbocycles. The van der Waals surface area contributed by atoms with Gasteiger partial charge in [-0.1, -0.05) is 30.3 Å². The first kappa shape index (κ1) is 21.0. The van der Waals surface area contributed by atoms with Crippen LogP contribution in [0.1, 0.15) is 24.8 Å². The first-order valence-electron chi connectivity index (χ1n) is 6.95. The second kappa shape index (κ2) is 10.7. The highest BCUT2D eigenvalue weighted by atomic mass is 127. The van der Waals surface area contributed by atoms with E-state index in [0.29, 0.717) is 25.5 Å². The number of halogens is 4. The SMILES string of the molecule is CN=C(NCCCCC(F)(F)F)N(C)Cc1ccccc1.I. The molecule has 126 valence electrons. The molecule has 0 saturated carbocycles. The van der Waals surface area contributed by atoms with E-state index in [1.54, 1.807) is 7.05 Å². The molecule has 0 heterocycles. The van der Waals surface area contributed by atoms with Crippen molar-refractivity contribution in [3.8, 4) is 0 Å². The number of aliphatic imine (C=N–C) groups is 1. The largest absolute Gasteiger partial charge is 0.389 e. The molecular formula is C15H23F3IN3. The average Bonchev–Trinajstić information content (AvgIpc) is 2.42. The van der Waals surface area contributed by atoms with Gasteiger partial charge in [-0.25, -0.2) is 0 Å². The molecule has 1 rings (SSSR count). The standard InChI is InChI=1S/C15H22F3N3.HI/c1-19-14(20-11-7-6-10-15(16,17)18)21(2)12-13-8-4-3-5-9-13;/h3-5,8-9H,6-7,10-12H2,1-2H3,(H,19,20);1H. The Kier molecular flexibility index (Phi) is 10.2. The van der Waals surface area contributed by atoms with Gasteiger partial charge in [0.05, 0.1) is 0 Å². The van der Waals surface area contributed by atoms with E-state index in [1.807, 2.05) is 42.3 Å². The summed E-state index contributed by atoms with van der Waals surface area (Å²) >= 11 is 0. The molecule has 0 aliphatic heterocycles. The van der Waals surface area contributed by atoms with Crippen LogP contribution in [0.2, 0.25) is 0 Å². The van der Waals surface area contributed by atoms with Crippen LogP contribution in [0, 0.1) is 0 Å². The summed E-state index contributed by atoms with van der Waals surface area (Å²) in [6.07, 6.45) is -4.19. The zero-order valence-electron chi connectivity index (χ0n) is 12.9. The lowest BCUT2D eigenvalue weighted by molar-refractivity contribution is -0.135. The molecule has 7 heteroatoms. The molecule has 0 fully saturated rings. The van der Waals surface area contributed by atoms with Crippen LogP contribution < -0.4 is 5.32 Å². The van der Waals surface area contributed by atoms with Crippen LogP contribution in [-0.4, -0.2) is 37.7 Å². The molecule has 0 aliphatic carbocycles. The lowest BCUT2D eigenvalue weighted by atomic mass is 10.2. The van der Waals surface area contributed by atoms with Crippen LogP contribution in [0.25, 0.3) is 0 Å². The van der Waals surface area contributed by atoms with Gasteiger partial charge in [-0.3, -0.25) is 4.99 Å². The Bertz CT molecular complexity index is 435. The summed E-state index contributed by atoms with van der Waals surface area (Å²) in [4.78, 5) is 6.08. The minimum Gasteiger partial charge on any atom is -0.356 e. The predicted molar refractivity (Wildman–Crippen MR) is 94.6 cm³/mol. The zero-order valence-corrected chi connectivity index (χ0v) is 15.2. The monoisotopic (exact) mass is 429 g/mol. The summed E-state index contributed by atoms with van der Waals surface area (Å²) in [7, 11) is 3.57. The number of nitrogens with one attached hydrogen (secondary N) is 1. The van der Waals surface area contributed by atoms with Crippen molar-refractivity contribution in [2.24, 2.45) is 4.99 Å². The number of guanidine groups is 1. The van der Waals surface area contributed by atoms with Crippen molar-refractivity contribution in [1.29, 1.82) is 0 Å². The van der Waals surface area contributed by atoms with Gasteiger partial charge < -0.3 is 10.2 Å². The first-order chi connectivity index (χ1) is 9.92. The maximum absolute atomic E-state index is 12.0. The summed E-state index contributed by atoms with van der Waals surface area (Å²) in [6.45, 7) is 1.19. The van der Waals surface area contributed by atoms with E-state index >= 15 is 0 Å². The lowest BCUT2D eigenvalue weighted by Gasteiger charge is -2.22. The molecule has 0 radical (unpaired) electrons. The summed E-state index contributed by atoms with van der Waals surface area (Å²) in [6, 6.07) is 9.93. The molecule has 1 aromatic rings. The van der Waals surface area contributed by atoms with Crippen molar-refractivity contribution >= 4 is 29.9 Å². The highest BCUT2D eigenvalue weighted by Crippen LogP contribution is 2.21. The minimum absolute atomic E-state index is 0. The predicted octanol–water partition coefficient (Wildman–Crippen LogP) is 4.04. The molecular weight excluding hydrogens is 406 g/mol. The van der Waals surface area contributed by atoms with Gasteiger partial charge >= 0.3 is 6.18 Å². The van der Waals surface area contributed by atoms with Crippen molar-refractivity contribution in [3.05, 3.63) is 35.9 Å². The van der Waals surface area contributed by atoms with E-state index in [-0.39, 0.29) is 30.4 Å². The molecule has 0 atom stereocenters. The van der Waals surface area contributed by atoms with E-state index in [4.69, 9.17) is 0 Å². The molecule has 0 saturated heterocycles. The van der Waals surface area contributed by atoms with Crippen LogP contribution >= 0.6 is 24.0 Å². The molecule has 3 nitrogen and oxygen atoms in total. The van der Waals surface area contributed by atoms with Gasteiger partial charge in [0.1, 0.15) is 0 Å². The van der Waals surface area contributed by atoms with Crippen LogP contribution in [0.3, 0.4) is 0 Å². The normalized spacial score (nSPS) is 11.8. The fraction of sp³-hybridized carbons (Fsp3) is 0.533. The number of rotatable bonds is 6. The lowest BCUT2D eigenvalue weighted by Crippen LogP contribution is -2.38. The number of hydrogen-bond acceptors (Lipinski definition) is 1. The Labute approximate surface area is 147 Å². The Morgan fingerprint density at radius 3 is 2.36 bits per heavy atom. The molecule has 0 amide bonds. The maximum Gasteiger partial charge on any atom is 0.389 e. The molecule has 0 spiro atoms. The molecule has 1 N–H and O–H groups in total. The molecule has 0 aliphatic rings. The van der Waals surface area contributed by atoms with Gasteiger partial charge in [0.25, 0.3) is 0 Å². The van der Waals surface area contributed by atoms with E-state index in [2.05, 4.69) is 10.3 Å². The van der Waals surface area contributed by atoms with Gasteiger partial charge in [-0.2, -0.15) is 13.2 Å². The summed E-state index contributed by atoms with van der Waals surface area (Å²) < 4.78 is 36.1. The maximum atomic E-state index is 12.0. The number of hydrogen-bond donors (Lipinski definition) is 1. The van der Waals surface area contributed by atoms with Crippen LogP contribution in [0.4, 0.5) is 13.2 Å². The molecule has 0 unspecified atom stereocenters. The van der Waals surface area contributed by atoms with E-state index in [0.717, 1.165) is 5.56 Å². The Hall–Kier alpha value is -0.990. The second-order valence-electron chi connectivity index (χ2n) is 4.89. The fourth-order valence-electron chi connectivity index (χ4n) is 1.97. The van der Waals surface area contributed by atoms with Crippen LogP contribution in [-0.2, 0) is 6.54 Å². The van der Waals surface area contributed by atoms with Crippen molar-refractivity contribution in [2.75, 3.05) is 20.6 Å². The third-order valence-electron chi connectivity index (χ3n) is 3.01. The van der Waals surface area contributed by atoms with Crippen molar-refractivity contribution in [1.82, 2.24) is 10.2 Å². The van der Waals surface area contributed by atoms with Crippen molar-refractivity contribution < 1.29 is 13.2 Å². The number of unbranched alkanes of at least 4 members (excludes halogenated alkanes) is 1. The Morgan fingerprint density at radius 1 is 1.18 bits per heavy atom. The third kappa shape index (κ3) is 9.11. The van der Waals surface area contributed by atoms with Crippen molar-refractivity contribution in [3.63, 3.8) is 0 Å². The van der Waals surface area contributed by atoms with Gasteiger partial charge in [0.2, 0.25) is 0 Å². The van der Waals surface area contributed by atoms with E-state index < -0.39 is 12.6 Å². The molecule has 0 aromatic heterocycles.